The second-order valence-electron chi connectivity index (χ2n) is 6.90. The van der Waals surface area contributed by atoms with E-state index in [0.717, 1.165) is 36.4 Å². The smallest absolute Gasteiger partial charge is 0.322 e. The van der Waals surface area contributed by atoms with Crippen LogP contribution in [0.5, 0.6) is 5.75 Å². The highest BCUT2D eigenvalue weighted by Gasteiger charge is 2.17. The molecule has 8 heteroatoms. The Balaban J connectivity index is 1.99. The van der Waals surface area contributed by atoms with E-state index in [9.17, 15) is 9.59 Å². The lowest BCUT2D eigenvalue weighted by atomic mass is 10.3. The molecule has 3 amide bonds. The number of aromatic nitrogens is 1. The zero-order valence-corrected chi connectivity index (χ0v) is 18.9. The lowest BCUT2D eigenvalue weighted by Crippen LogP contribution is -2.35. The zero-order valence-electron chi connectivity index (χ0n) is 18.1. The van der Waals surface area contributed by atoms with Crippen molar-refractivity contribution in [2.75, 3.05) is 25.0 Å². The third kappa shape index (κ3) is 7.67. The first kappa shape index (κ1) is 23.7. The Morgan fingerprint density at radius 2 is 1.83 bits per heavy atom. The number of nitrogens with zero attached hydrogens (tertiary/aromatic N) is 2. The molecule has 0 spiro atoms. The number of carbonyl (C=O) groups excluding carboxylic acids is 2. The lowest BCUT2D eigenvalue weighted by molar-refractivity contribution is 0.0948. The molecule has 1 aromatic heterocycles. The van der Waals surface area contributed by atoms with E-state index in [1.54, 1.807) is 10.3 Å². The summed E-state index contributed by atoms with van der Waals surface area (Å²) in [6, 6.07) is 7.13. The maximum atomic E-state index is 12.8. The van der Waals surface area contributed by atoms with Crippen LogP contribution in [-0.2, 0) is 6.54 Å². The first-order valence-corrected chi connectivity index (χ1v) is 11.5. The second-order valence-corrected chi connectivity index (χ2v) is 7.84. The fourth-order valence-corrected chi connectivity index (χ4v) is 3.51. The molecule has 0 unspecified atom stereocenters. The van der Waals surface area contributed by atoms with E-state index in [4.69, 9.17) is 4.74 Å². The molecule has 164 valence electrons. The summed E-state index contributed by atoms with van der Waals surface area (Å²) in [6.07, 6.45) is 3.85. The Kier molecular flexibility index (Phi) is 10.1. The Morgan fingerprint density at radius 1 is 1.10 bits per heavy atom. The SMILES string of the molecule is CCCCNC(=O)c1csc(CN(CCCC)C(=O)Nc2ccc(OCC)cc2)n1. The summed E-state index contributed by atoms with van der Waals surface area (Å²) in [4.78, 5) is 31.2. The van der Waals surface area contributed by atoms with E-state index in [1.807, 2.05) is 31.2 Å². The first-order chi connectivity index (χ1) is 14.6. The minimum absolute atomic E-state index is 0.162. The number of thiazole rings is 1. The van der Waals surface area contributed by atoms with Crippen LogP contribution in [0.4, 0.5) is 10.5 Å². The molecule has 1 heterocycles. The molecule has 2 aromatic rings. The van der Waals surface area contributed by atoms with Crippen molar-refractivity contribution in [1.29, 1.82) is 0 Å². The van der Waals surface area contributed by atoms with Crippen LogP contribution in [0.1, 0.15) is 62.0 Å². The summed E-state index contributed by atoms with van der Waals surface area (Å²) in [6.45, 7) is 8.34. The van der Waals surface area contributed by atoms with Gasteiger partial charge >= 0.3 is 6.03 Å². The lowest BCUT2D eigenvalue weighted by Gasteiger charge is -2.22. The van der Waals surface area contributed by atoms with E-state index >= 15 is 0 Å². The number of ether oxygens (including phenoxy) is 1. The number of nitrogens with one attached hydrogen (secondary N) is 2. The Morgan fingerprint density at radius 3 is 2.50 bits per heavy atom. The van der Waals surface area contributed by atoms with Crippen molar-refractivity contribution in [2.45, 2.75) is 53.0 Å². The number of benzene rings is 1. The summed E-state index contributed by atoms with van der Waals surface area (Å²) in [5.41, 5.74) is 1.12. The predicted molar refractivity (Wildman–Crippen MR) is 121 cm³/mol. The van der Waals surface area contributed by atoms with Crippen LogP contribution in [0, 0.1) is 0 Å². The van der Waals surface area contributed by atoms with Gasteiger partial charge in [0.15, 0.2) is 0 Å². The van der Waals surface area contributed by atoms with E-state index in [2.05, 4.69) is 29.5 Å². The zero-order chi connectivity index (χ0) is 21.8. The number of hydrogen-bond donors (Lipinski definition) is 2. The Hall–Kier alpha value is -2.61. The van der Waals surface area contributed by atoms with Gasteiger partial charge in [-0.15, -0.1) is 11.3 Å². The Labute approximate surface area is 182 Å². The summed E-state index contributed by atoms with van der Waals surface area (Å²) in [5, 5.41) is 8.30. The minimum atomic E-state index is -0.184. The second kappa shape index (κ2) is 12.8. The van der Waals surface area contributed by atoms with Gasteiger partial charge < -0.3 is 20.3 Å². The molecule has 0 fully saturated rings. The number of rotatable bonds is 12. The van der Waals surface area contributed by atoms with Crippen molar-refractivity contribution < 1.29 is 14.3 Å². The molecule has 0 atom stereocenters. The summed E-state index contributed by atoms with van der Waals surface area (Å²) in [7, 11) is 0. The average molecular weight is 433 g/mol. The monoisotopic (exact) mass is 432 g/mol. The first-order valence-electron chi connectivity index (χ1n) is 10.6. The highest BCUT2D eigenvalue weighted by Crippen LogP contribution is 2.18. The van der Waals surface area contributed by atoms with Crippen LogP contribution in [0.3, 0.4) is 0 Å². The van der Waals surface area contributed by atoms with Gasteiger partial charge in [-0.2, -0.15) is 0 Å². The van der Waals surface area contributed by atoms with Crippen molar-refractivity contribution in [3.05, 3.63) is 40.3 Å². The van der Waals surface area contributed by atoms with Gasteiger partial charge in [-0.1, -0.05) is 26.7 Å². The van der Waals surface area contributed by atoms with Crippen LogP contribution in [0.2, 0.25) is 0 Å². The van der Waals surface area contributed by atoms with Gasteiger partial charge in [0.05, 0.1) is 13.2 Å². The standard InChI is InChI=1S/C22H32N4O3S/c1-4-7-13-23-21(27)19-16-30-20(25-19)15-26(14-8-5-2)22(28)24-17-9-11-18(12-10-17)29-6-3/h9-12,16H,4-8,13-15H2,1-3H3,(H,23,27)(H,24,28). The van der Waals surface area contributed by atoms with Crippen LogP contribution >= 0.6 is 11.3 Å². The molecule has 1 aromatic carbocycles. The maximum absolute atomic E-state index is 12.8. The topological polar surface area (TPSA) is 83.6 Å². The molecule has 0 radical (unpaired) electrons. The molecule has 2 N–H and O–H groups in total. The molecular weight excluding hydrogens is 400 g/mol. The summed E-state index contributed by atoms with van der Waals surface area (Å²) >= 11 is 1.40. The fraction of sp³-hybridized carbons (Fsp3) is 0.500. The molecule has 0 saturated carbocycles. The largest absolute Gasteiger partial charge is 0.494 e. The van der Waals surface area contributed by atoms with Crippen molar-refractivity contribution in [1.82, 2.24) is 15.2 Å². The van der Waals surface area contributed by atoms with Gasteiger partial charge in [-0.05, 0) is 44.0 Å². The van der Waals surface area contributed by atoms with Gasteiger partial charge in [0, 0.05) is 24.2 Å². The summed E-state index contributed by atoms with van der Waals surface area (Å²) in [5.74, 6) is 0.607. The van der Waals surface area contributed by atoms with Gasteiger partial charge in [0.2, 0.25) is 0 Å². The summed E-state index contributed by atoms with van der Waals surface area (Å²) < 4.78 is 5.44. The number of urea groups is 1. The number of unbranched alkanes of at least 4 members (excludes halogenated alkanes) is 2. The number of hydrogen-bond acceptors (Lipinski definition) is 5. The van der Waals surface area contributed by atoms with E-state index in [-0.39, 0.29) is 11.9 Å². The number of amides is 3. The molecule has 0 aliphatic rings. The molecule has 2 rings (SSSR count). The normalized spacial score (nSPS) is 10.5. The molecule has 0 aliphatic heterocycles. The van der Waals surface area contributed by atoms with E-state index in [0.29, 0.717) is 37.6 Å². The predicted octanol–water partition coefficient (Wildman–Crippen LogP) is 4.91. The van der Waals surface area contributed by atoms with Gasteiger partial charge in [0.25, 0.3) is 5.91 Å². The van der Waals surface area contributed by atoms with Crippen LogP contribution in [-0.4, -0.2) is 41.5 Å². The highest BCUT2D eigenvalue weighted by molar-refractivity contribution is 7.09. The van der Waals surface area contributed by atoms with Crippen molar-refractivity contribution in [3.8, 4) is 5.75 Å². The quantitative estimate of drug-likeness (QED) is 0.467. The maximum Gasteiger partial charge on any atom is 0.322 e. The van der Waals surface area contributed by atoms with Gasteiger partial charge in [0.1, 0.15) is 16.5 Å². The molecule has 30 heavy (non-hydrogen) atoms. The third-order valence-corrected chi connectivity index (χ3v) is 5.25. The van der Waals surface area contributed by atoms with Crippen molar-refractivity contribution in [3.63, 3.8) is 0 Å². The number of anilines is 1. The molecular formula is C22H32N4O3S. The average Bonchev–Trinajstić information content (AvgIpc) is 3.21. The van der Waals surface area contributed by atoms with Crippen molar-refractivity contribution >= 4 is 29.0 Å². The molecule has 0 saturated heterocycles. The molecule has 0 aliphatic carbocycles. The van der Waals surface area contributed by atoms with Crippen molar-refractivity contribution in [2.24, 2.45) is 0 Å². The fourth-order valence-electron chi connectivity index (χ4n) is 2.73. The Bertz CT molecular complexity index is 792. The number of carbonyl (C=O) groups is 2. The highest BCUT2D eigenvalue weighted by atomic mass is 32.1. The van der Waals surface area contributed by atoms with E-state index < -0.39 is 0 Å². The minimum Gasteiger partial charge on any atom is -0.494 e. The molecule has 0 bridgehead atoms. The van der Waals surface area contributed by atoms with Gasteiger partial charge in [-0.3, -0.25) is 4.79 Å². The van der Waals surface area contributed by atoms with Crippen LogP contribution in [0.25, 0.3) is 0 Å². The third-order valence-electron chi connectivity index (χ3n) is 4.41. The van der Waals surface area contributed by atoms with Crippen LogP contribution < -0.4 is 15.4 Å². The molecule has 7 nitrogen and oxygen atoms in total. The van der Waals surface area contributed by atoms with Crippen LogP contribution in [0.15, 0.2) is 29.6 Å². The van der Waals surface area contributed by atoms with E-state index in [1.165, 1.54) is 11.3 Å². The van der Waals surface area contributed by atoms with Gasteiger partial charge in [-0.25, -0.2) is 9.78 Å².